The molecule has 0 saturated heterocycles. The van der Waals surface area contributed by atoms with Crippen molar-refractivity contribution in [3.05, 3.63) is 28.1 Å². The number of hydrogen-bond donors (Lipinski definition) is 2. The summed E-state index contributed by atoms with van der Waals surface area (Å²) in [5.74, 6) is -2.10. The summed E-state index contributed by atoms with van der Waals surface area (Å²) in [7, 11) is 5.53. The first kappa shape index (κ1) is 13.9. The number of carbonyl (C=O) groups is 1. The highest BCUT2D eigenvalue weighted by Gasteiger charge is 2.23. The molecule has 0 spiro atoms. The minimum atomic E-state index is -1.08. The average molecular weight is 252 g/mol. The number of carboxylic acid groups (broad SMARTS) is 1. The molecule has 94 valence electrons. The third-order valence-electron chi connectivity index (χ3n) is 2.22. The Balaban J connectivity index is 3.10. The Hall–Kier alpha value is -2.12. The Morgan fingerprint density at radius 3 is 2.78 bits per heavy atom. The van der Waals surface area contributed by atoms with Crippen molar-refractivity contribution in [3.63, 3.8) is 0 Å². The number of nitrogens with zero attached hydrogens (tertiary/aromatic N) is 1. The predicted octanol–water partition coefficient (Wildman–Crippen LogP) is 0.803. The minimum absolute atomic E-state index is 0.0136. The SMILES string of the molecule is [B]c1ccc(F)c([N+](=O)[O-])c1N[C@H](C)CC(=O)O. The molecule has 0 aliphatic heterocycles. The second-order valence-corrected chi connectivity index (χ2v) is 3.76. The fourth-order valence-corrected chi connectivity index (χ4v) is 1.47. The van der Waals surface area contributed by atoms with Crippen molar-refractivity contribution in [2.45, 2.75) is 19.4 Å². The Bertz CT molecular complexity index is 495. The highest BCUT2D eigenvalue weighted by molar-refractivity contribution is 6.36. The molecule has 6 nitrogen and oxygen atoms in total. The number of rotatable bonds is 5. The maximum Gasteiger partial charge on any atom is 0.327 e. The number of hydrogen-bond acceptors (Lipinski definition) is 4. The summed E-state index contributed by atoms with van der Waals surface area (Å²) in [6.07, 6.45) is -0.271. The third kappa shape index (κ3) is 3.19. The molecule has 18 heavy (non-hydrogen) atoms. The van der Waals surface area contributed by atoms with Gasteiger partial charge in [-0.25, -0.2) is 0 Å². The Kier molecular flexibility index (Phi) is 4.25. The molecule has 0 aliphatic rings. The van der Waals surface area contributed by atoms with E-state index in [-0.39, 0.29) is 17.6 Å². The van der Waals surface area contributed by atoms with Crippen LogP contribution in [0.2, 0.25) is 0 Å². The van der Waals surface area contributed by atoms with Crippen LogP contribution in [0.3, 0.4) is 0 Å². The Morgan fingerprint density at radius 2 is 2.28 bits per heavy atom. The highest BCUT2D eigenvalue weighted by Crippen LogP contribution is 2.26. The lowest BCUT2D eigenvalue weighted by Gasteiger charge is -2.15. The molecule has 1 rings (SSSR count). The number of nitro benzene ring substituents is 1. The van der Waals surface area contributed by atoms with E-state index in [1.807, 2.05) is 0 Å². The first-order valence-electron chi connectivity index (χ1n) is 5.03. The van der Waals surface area contributed by atoms with Gasteiger partial charge >= 0.3 is 11.7 Å². The summed E-state index contributed by atoms with van der Waals surface area (Å²) in [5, 5.41) is 21.9. The first-order chi connectivity index (χ1) is 8.32. The van der Waals surface area contributed by atoms with E-state index in [9.17, 15) is 19.3 Å². The molecule has 0 fully saturated rings. The third-order valence-corrected chi connectivity index (χ3v) is 2.22. The van der Waals surface area contributed by atoms with Gasteiger partial charge in [-0.2, -0.15) is 4.39 Å². The lowest BCUT2D eigenvalue weighted by Crippen LogP contribution is -2.24. The molecule has 1 aromatic rings. The number of nitro groups is 1. The highest BCUT2D eigenvalue weighted by atomic mass is 19.1. The topological polar surface area (TPSA) is 92.5 Å². The van der Waals surface area contributed by atoms with Crippen molar-refractivity contribution >= 4 is 30.7 Å². The van der Waals surface area contributed by atoms with Gasteiger partial charge in [-0.15, -0.1) is 0 Å². The van der Waals surface area contributed by atoms with Gasteiger partial charge < -0.3 is 10.4 Å². The van der Waals surface area contributed by atoms with Crippen molar-refractivity contribution in [3.8, 4) is 0 Å². The van der Waals surface area contributed by atoms with E-state index in [1.165, 1.54) is 13.0 Å². The van der Waals surface area contributed by atoms with Crippen molar-refractivity contribution in [1.29, 1.82) is 0 Å². The zero-order valence-electron chi connectivity index (χ0n) is 9.51. The zero-order valence-corrected chi connectivity index (χ0v) is 9.51. The molecule has 0 bridgehead atoms. The van der Waals surface area contributed by atoms with Gasteiger partial charge in [0.25, 0.3) is 0 Å². The van der Waals surface area contributed by atoms with E-state index < -0.39 is 28.4 Å². The van der Waals surface area contributed by atoms with E-state index in [0.717, 1.165) is 6.07 Å². The van der Waals surface area contributed by atoms with E-state index in [4.69, 9.17) is 13.0 Å². The molecule has 2 radical (unpaired) electrons. The predicted molar refractivity (Wildman–Crippen MR) is 63.8 cm³/mol. The Labute approximate surface area is 103 Å². The van der Waals surface area contributed by atoms with Crippen LogP contribution < -0.4 is 10.8 Å². The lowest BCUT2D eigenvalue weighted by atomic mass is 9.92. The number of halogens is 1. The van der Waals surface area contributed by atoms with E-state index in [2.05, 4.69) is 5.32 Å². The molecule has 0 aromatic heterocycles. The van der Waals surface area contributed by atoms with Crippen molar-refractivity contribution in [2.24, 2.45) is 0 Å². The second kappa shape index (κ2) is 5.48. The van der Waals surface area contributed by atoms with E-state index in [0.29, 0.717) is 0 Å². The van der Waals surface area contributed by atoms with E-state index in [1.54, 1.807) is 0 Å². The number of anilines is 1. The fraction of sp³-hybridized carbons (Fsp3) is 0.300. The molecular weight excluding hydrogens is 242 g/mol. The van der Waals surface area contributed by atoms with Crippen molar-refractivity contribution in [1.82, 2.24) is 0 Å². The molecule has 0 heterocycles. The summed E-state index contributed by atoms with van der Waals surface area (Å²) in [6, 6.07) is 1.45. The normalized spacial score (nSPS) is 11.9. The van der Waals surface area contributed by atoms with Crippen LogP contribution in [-0.4, -0.2) is 29.9 Å². The van der Waals surface area contributed by atoms with Crippen LogP contribution in [0.15, 0.2) is 12.1 Å². The summed E-state index contributed by atoms with van der Waals surface area (Å²) in [6.45, 7) is 1.50. The van der Waals surface area contributed by atoms with Crippen LogP contribution >= 0.6 is 0 Å². The average Bonchev–Trinajstić information content (AvgIpc) is 2.21. The maximum absolute atomic E-state index is 13.3. The summed E-state index contributed by atoms with van der Waals surface area (Å²) in [4.78, 5) is 20.3. The standard InChI is InChI=1S/C10H10BFN2O4/c1-5(4-8(15)16)13-9-6(11)2-3-7(12)10(9)14(17)18/h2-3,5,13H,4H2,1H3,(H,15,16)/t5-/m1/s1. The number of carboxylic acids is 1. The van der Waals surface area contributed by atoms with E-state index >= 15 is 0 Å². The molecule has 0 unspecified atom stereocenters. The largest absolute Gasteiger partial charge is 0.481 e. The van der Waals surface area contributed by atoms with Crippen LogP contribution in [0.4, 0.5) is 15.8 Å². The van der Waals surface area contributed by atoms with Crippen LogP contribution in [0.5, 0.6) is 0 Å². The smallest absolute Gasteiger partial charge is 0.327 e. The molecule has 8 heteroatoms. The van der Waals surface area contributed by atoms with Gasteiger partial charge in [0.15, 0.2) is 0 Å². The minimum Gasteiger partial charge on any atom is -0.481 e. The fourth-order valence-electron chi connectivity index (χ4n) is 1.47. The molecule has 0 amide bonds. The zero-order chi connectivity index (χ0) is 13.9. The second-order valence-electron chi connectivity index (χ2n) is 3.76. The van der Waals surface area contributed by atoms with Crippen LogP contribution in [0.25, 0.3) is 0 Å². The van der Waals surface area contributed by atoms with Gasteiger partial charge in [0, 0.05) is 6.04 Å². The van der Waals surface area contributed by atoms with Crippen molar-refractivity contribution in [2.75, 3.05) is 5.32 Å². The number of nitrogens with one attached hydrogen (secondary N) is 1. The molecule has 0 saturated carbocycles. The number of aliphatic carboxylic acids is 1. The monoisotopic (exact) mass is 252 g/mol. The lowest BCUT2D eigenvalue weighted by molar-refractivity contribution is -0.386. The van der Waals surface area contributed by atoms with Gasteiger partial charge in [0.1, 0.15) is 13.5 Å². The van der Waals surface area contributed by atoms with Crippen molar-refractivity contribution < 1.29 is 19.2 Å². The van der Waals surface area contributed by atoms with Gasteiger partial charge in [0.2, 0.25) is 5.82 Å². The maximum atomic E-state index is 13.3. The summed E-state index contributed by atoms with van der Waals surface area (Å²) >= 11 is 0. The van der Waals surface area contributed by atoms with Gasteiger partial charge in [-0.3, -0.25) is 14.9 Å². The molecule has 1 aromatic carbocycles. The van der Waals surface area contributed by atoms with Gasteiger partial charge in [-0.05, 0) is 13.0 Å². The van der Waals surface area contributed by atoms with Gasteiger partial charge in [0.05, 0.1) is 11.3 Å². The summed E-state index contributed by atoms with van der Waals surface area (Å²) < 4.78 is 13.3. The molecule has 2 N–H and O–H groups in total. The van der Waals surface area contributed by atoms with Crippen LogP contribution in [0, 0.1) is 15.9 Å². The molecule has 0 aliphatic carbocycles. The number of benzene rings is 1. The Morgan fingerprint density at radius 1 is 1.67 bits per heavy atom. The van der Waals surface area contributed by atoms with Crippen LogP contribution in [0.1, 0.15) is 13.3 Å². The van der Waals surface area contributed by atoms with Gasteiger partial charge in [-0.1, -0.05) is 11.5 Å². The molecular formula is C10H10BFN2O4. The quantitative estimate of drug-likeness (QED) is 0.459. The van der Waals surface area contributed by atoms with Crippen LogP contribution in [-0.2, 0) is 4.79 Å². The summed E-state index contributed by atoms with van der Waals surface area (Å²) in [5.41, 5.74) is -0.999. The first-order valence-corrected chi connectivity index (χ1v) is 5.03. The molecule has 1 atom stereocenters.